The summed E-state index contributed by atoms with van der Waals surface area (Å²) in [5.41, 5.74) is -0.930. The van der Waals surface area contributed by atoms with Gasteiger partial charge >= 0.3 is 5.97 Å². The number of nitrogens with zero attached hydrogens (tertiary/aromatic N) is 2. The first-order valence-electron chi connectivity index (χ1n) is 5.86. The van der Waals surface area contributed by atoms with E-state index in [0.717, 1.165) is 0 Å². The summed E-state index contributed by atoms with van der Waals surface area (Å²) < 4.78 is 0. The third-order valence-electron chi connectivity index (χ3n) is 2.48. The average Bonchev–Trinajstić information content (AvgIpc) is 2.68. The first-order valence-corrected chi connectivity index (χ1v) is 6.74. The Balaban J connectivity index is 2.63. The van der Waals surface area contributed by atoms with E-state index < -0.39 is 11.5 Å². The number of carboxylic acids is 1. The van der Waals surface area contributed by atoms with Crippen LogP contribution in [0.15, 0.2) is 11.5 Å². The highest BCUT2D eigenvalue weighted by molar-refractivity contribution is 7.99. The SMILES string of the molecule is CC(C)NC(C)(CC(C)Sc1ncn[nH]1)C(=O)O. The Kier molecular flexibility index (Phi) is 5.15. The molecule has 0 radical (unpaired) electrons. The van der Waals surface area contributed by atoms with Crippen LogP contribution in [0, 0.1) is 0 Å². The fraction of sp³-hybridized carbons (Fsp3) is 0.727. The number of aromatic nitrogens is 3. The van der Waals surface area contributed by atoms with Gasteiger partial charge in [0.1, 0.15) is 11.9 Å². The molecule has 0 bridgehead atoms. The lowest BCUT2D eigenvalue weighted by Crippen LogP contribution is -2.53. The number of thioether (sulfide) groups is 1. The van der Waals surface area contributed by atoms with E-state index in [1.807, 2.05) is 20.8 Å². The van der Waals surface area contributed by atoms with Gasteiger partial charge in [-0.2, -0.15) is 5.10 Å². The molecule has 1 heterocycles. The van der Waals surface area contributed by atoms with Crippen LogP contribution in [-0.4, -0.2) is 43.1 Å². The number of carbonyl (C=O) groups is 1. The lowest BCUT2D eigenvalue weighted by Gasteiger charge is -2.30. The van der Waals surface area contributed by atoms with Gasteiger partial charge in [0.05, 0.1) is 0 Å². The van der Waals surface area contributed by atoms with E-state index in [1.54, 1.807) is 6.92 Å². The largest absolute Gasteiger partial charge is 0.480 e. The Labute approximate surface area is 111 Å². The van der Waals surface area contributed by atoms with E-state index in [9.17, 15) is 9.90 Å². The van der Waals surface area contributed by atoms with Crippen molar-refractivity contribution < 1.29 is 9.90 Å². The smallest absolute Gasteiger partial charge is 0.323 e. The fourth-order valence-electron chi connectivity index (χ4n) is 1.90. The quantitative estimate of drug-likeness (QED) is 0.652. The molecule has 2 atom stereocenters. The summed E-state index contributed by atoms with van der Waals surface area (Å²) in [5, 5.41) is 19.8. The van der Waals surface area contributed by atoms with Gasteiger partial charge in [0, 0.05) is 11.3 Å². The molecule has 1 aromatic heterocycles. The van der Waals surface area contributed by atoms with Gasteiger partial charge in [0.2, 0.25) is 0 Å². The maximum Gasteiger partial charge on any atom is 0.323 e. The second-order valence-electron chi connectivity index (χ2n) is 4.86. The molecule has 0 spiro atoms. The number of aliphatic carboxylic acids is 1. The Morgan fingerprint density at radius 3 is 2.72 bits per heavy atom. The molecular formula is C11H20N4O2S. The highest BCUT2D eigenvalue weighted by Crippen LogP contribution is 2.26. The monoisotopic (exact) mass is 272 g/mol. The molecule has 0 aliphatic carbocycles. The van der Waals surface area contributed by atoms with E-state index in [4.69, 9.17) is 0 Å². The summed E-state index contributed by atoms with van der Waals surface area (Å²) in [6.45, 7) is 7.58. The van der Waals surface area contributed by atoms with Gasteiger partial charge in [-0.3, -0.25) is 15.2 Å². The van der Waals surface area contributed by atoms with Gasteiger partial charge in [0.25, 0.3) is 0 Å². The number of rotatable bonds is 7. The topological polar surface area (TPSA) is 90.9 Å². The van der Waals surface area contributed by atoms with Gasteiger partial charge in [-0.1, -0.05) is 18.7 Å². The predicted octanol–water partition coefficient (Wildman–Crippen LogP) is 1.52. The molecule has 3 N–H and O–H groups in total. The molecule has 102 valence electrons. The van der Waals surface area contributed by atoms with E-state index in [0.29, 0.717) is 11.6 Å². The second kappa shape index (κ2) is 6.19. The minimum absolute atomic E-state index is 0.116. The third-order valence-corrected chi connectivity index (χ3v) is 3.47. The standard InChI is InChI=1S/C11H20N4O2S/c1-7(2)14-11(4,9(16)17)5-8(3)18-10-12-6-13-15-10/h6-8,14H,5H2,1-4H3,(H,16,17)(H,12,13,15). The number of hydrogen-bond donors (Lipinski definition) is 3. The Morgan fingerprint density at radius 2 is 2.28 bits per heavy atom. The van der Waals surface area contributed by atoms with Crippen LogP contribution in [-0.2, 0) is 4.79 Å². The predicted molar refractivity (Wildman–Crippen MR) is 70.6 cm³/mol. The van der Waals surface area contributed by atoms with Gasteiger partial charge in [0.15, 0.2) is 5.16 Å². The van der Waals surface area contributed by atoms with Crippen LogP contribution in [0.3, 0.4) is 0 Å². The Morgan fingerprint density at radius 1 is 1.61 bits per heavy atom. The molecule has 0 aliphatic rings. The highest BCUT2D eigenvalue weighted by atomic mass is 32.2. The van der Waals surface area contributed by atoms with Crippen LogP contribution in [0.25, 0.3) is 0 Å². The first kappa shape index (κ1) is 15.0. The van der Waals surface area contributed by atoms with E-state index >= 15 is 0 Å². The van der Waals surface area contributed by atoms with E-state index in [1.165, 1.54) is 18.1 Å². The summed E-state index contributed by atoms with van der Waals surface area (Å²) >= 11 is 1.49. The molecule has 0 saturated carbocycles. The molecule has 1 rings (SSSR count). The molecule has 6 nitrogen and oxygen atoms in total. The summed E-state index contributed by atoms with van der Waals surface area (Å²) in [7, 11) is 0. The van der Waals surface area contributed by atoms with Crippen LogP contribution < -0.4 is 5.32 Å². The maximum absolute atomic E-state index is 11.4. The van der Waals surface area contributed by atoms with Crippen LogP contribution in [0.2, 0.25) is 0 Å². The zero-order chi connectivity index (χ0) is 13.8. The van der Waals surface area contributed by atoms with Crippen molar-refractivity contribution in [3.8, 4) is 0 Å². The van der Waals surface area contributed by atoms with Gasteiger partial charge in [-0.25, -0.2) is 4.98 Å². The van der Waals surface area contributed by atoms with Crippen molar-refractivity contribution >= 4 is 17.7 Å². The lowest BCUT2D eigenvalue weighted by atomic mass is 9.95. The molecule has 0 amide bonds. The summed E-state index contributed by atoms with van der Waals surface area (Å²) in [6, 6.07) is 0.119. The minimum Gasteiger partial charge on any atom is -0.480 e. The summed E-state index contributed by atoms with van der Waals surface area (Å²) in [4.78, 5) is 15.4. The molecular weight excluding hydrogens is 252 g/mol. The molecule has 1 aromatic rings. The van der Waals surface area contributed by atoms with Crippen molar-refractivity contribution in [1.82, 2.24) is 20.5 Å². The minimum atomic E-state index is -0.930. The van der Waals surface area contributed by atoms with Crippen molar-refractivity contribution in [3.63, 3.8) is 0 Å². The number of nitrogens with one attached hydrogen (secondary N) is 2. The normalized spacial score (nSPS) is 16.5. The third kappa shape index (κ3) is 4.30. The number of carboxylic acid groups (broad SMARTS) is 1. The van der Waals surface area contributed by atoms with Crippen LogP contribution in [0.1, 0.15) is 34.1 Å². The molecule has 0 fully saturated rings. The Hall–Kier alpha value is -1.08. The fourth-order valence-corrected chi connectivity index (χ4v) is 2.91. The molecule has 0 saturated heterocycles. The van der Waals surface area contributed by atoms with Crippen LogP contribution in [0.4, 0.5) is 0 Å². The molecule has 0 aromatic carbocycles. The first-order chi connectivity index (χ1) is 8.33. The second-order valence-corrected chi connectivity index (χ2v) is 6.29. The van der Waals surface area contributed by atoms with Crippen LogP contribution in [0.5, 0.6) is 0 Å². The summed E-state index contributed by atoms with van der Waals surface area (Å²) in [5.74, 6) is -0.832. The average molecular weight is 272 g/mol. The van der Waals surface area contributed by atoms with Gasteiger partial charge < -0.3 is 5.11 Å². The summed E-state index contributed by atoms with van der Waals surface area (Å²) in [6.07, 6.45) is 1.95. The van der Waals surface area contributed by atoms with Gasteiger partial charge in [-0.15, -0.1) is 0 Å². The molecule has 7 heteroatoms. The Bertz CT molecular complexity index is 382. The number of aromatic amines is 1. The van der Waals surface area contributed by atoms with Crippen molar-refractivity contribution in [2.45, 2.75) is 56.1 Å². The van der Waals surface area contributed by atoms with Crippen molar-refractivity contribution in [2.75, 3.05) is 0 Å². The zero-order valence-corrected chi connectivity index (χ0v) is 11.9. The lowest BCUT2D eigenvalue weighted by molar-refractivity contribution is -0.144. The highest BCUT2D eigenvalue weighted by Gasteiger charge is 2.35. The van der Waals surface area contributed by atoms with Gasteiger partial charge in [-0.05, 0) is 27.2 Å². The van der Waals surface area contributed by atoms with Crippen molar-refractivity contribution in [1.29, 1.82) is 0 Å². The molecule has 2 unspecified atom stereocenters. The van der Waals surface area contributed by atoms with E-state index in [2.05, 4.69) is 20.5 Å². The van der Waals surface area contributed by atoms with Crippen molar-refractivity contribution in [3.05, 3.63) is 6.33 Å². The molecule has 18 heavy (non-hydrogen) atoms. The van der Waals surface area contributed by atoms with Crippen molar-refractivity contribution in [2.24, 2.45) is 0 Å². The van der Waals surface area contributed by atoms with Crippen LogP contribution >= 0.6 is 11.8 Å². The molecule has 0 aliphatic heterocycles. The van der Waals surface area contributed by atoms with E-state index in [-0.39, 0.29) is 11.3 Å². The number of H-pyrrole nitrogens is 1. The zero-order valence-electron chi connectivity index (χ0n) is 11.1. The number of hydrogen-bond acceptors (Lipinski definition) is 5. The maximum atomic E-state index is 11.4.